The highest BCUT2D eigenvalue weighted by atomic mass is 16.5. The number of methoxy groups -OCH3 is 1. The van der Waals surface area contributed by atoms with Crippen molar-refractivity contribution in [2.45, 2.75) is 26.3 Å². The van der Waals surface area contributed by atoms with Crippen LogP contribution in [0.1, 0.15) is 19.7 Å². The first-order chi connectivity index (χ1) is 8.40. The summed E-state index contributed by atoms with van der Waals surface area (Å²) in [5.74, 6) is 2.28. The van der Waals surface area contributed by atoms with Crippen LogP contribution in [-0.4, -0.2) is 42.3 Å². The number of hydrogen-bond donors (Lipinski definition) is 3. The summed E-state index contributed by atoms with van der Waals surface area (Å²) in [5, 5.41) is 6.39. The zero-order valence-corrected chi connectivity index (χ0v) is 11.6. The lowest BCUT2D eigenvalue weighted by molar-refractivity contribution is 0.210. The number of nitrogens with one attached hydrogen (secondary N) is 2. The second-order valence-corrected chi connectivity index (χ2v) is 4.95. The first kappa shape index (κ1) is 14.7. The van der Waals surface area contributed by atoms with Crippen molar-refractivity contribution in [2.24, 2.45) is 5.73 Å². The molecule has 0 aliphatic heterocycles. The fourth-order valence-corrected chi connectivity index (χ4v) is 1.35. The first-order valence-electron chi connectivity index (χ1n) is 6.02. The largest absolute Gasteiger partial charge is 0.383 e. The third-order valence-corrected chi connectivity index (χ3v) is 2.18. The van der Waals surface area contributed by atoms with Gasteiger partial charge in [0.25, 0.3) is 0 Å². The second kappa shape index (κ2) is 6.51. The van der Waals surface area contributed by atoms with Gasteiger partial charge in [-0.1, -0.05) is 0 Å². The summed E-state index contributed by atoms with van der Waals surface area (Å²) < 4.78 is 4.98. The number of ether oxygens (including phenoxy) is 1. The van der Waals surface area contributed by atoms with Crippen LogP contribution in [0.5, 0.6) is 0 Å². The van der Waals surface area contributed by atoms with Crippen LogP contribution in [0.3, 0.4) is 0 Å². The fourth-order valence-electron chi connectivity index (χ4n) is 1.35. The van der Waals surface area contributed by atoms with Crippen LogP contribution in [0.15, 0.2) is 6.07 Å². The number of hydrogen-bond acceptors (Lipinski definition) is 6. The average molecular weight is 253 g/mol. The van der Waals surface area contributed by atoms with Gasteiger partial charge in [-0.2, -0.15) is 0 Å². The Morgan fingerprint density at radius 1 is 1.28 bits per heavy atom. The molecular formula is C12H23N5O. The van der Waals surface area contributed by atoms with Crippen molar-refractivity contribution in [3.8, 4) is 0 Å². The molecule has 0 aliphatic carbocycles. The summed E-state index contributed by atoms with van der Waals surface area (Å²) in [6, 6.07) is 1.87. The Morgan fingerprint density at radius 3 is 2.44 bits per heavy atom. The quantitative estimate of drug-likeness (QED) is 0.628. The molecule has 0 unspecified atom stereocenters. The van der Waals surface area contributed by atoms with Crippen LogP contribution in [0.4, 0.5) is 11.6 Å². The summed E-state index contributed by atoms with van der Waals surface area (Å²) in [6.45, 7) is 7.80. The highest BCUT2D eigenvalue weighted by Gasteiger charge is 2.10. The Labute approximate surface area is 108 Å². The van der Waals surface area contributed by atoms with Gasteiger partial charge >= 0.3 is 0 Å². The molecule has 0 fully saturated rings. The maximum atomic E-state index is 5.92. The van der Waals surface area contributed by atoms with E-state index in [1.165, 1.54) is 0 Å². The molecule has 0 amide bonds. The molecule has 0 aliphatic rings. The predicted octanol–water partition coefficient (Wildman–Crippen LogP) is 0.993. The molecule has 0 aromatic carbocycles. The summed E-state index contributed by atoms with van der Waals surface area (Å²) >= 11 is 0. The van der Waals surface area contributed by atoms with E-state index >= 15 is 0 Å². The van der Waals surface area contributed by atoms with E-state index in [0.29, 0.717) is 13.2 Å². The van der Waals surface area contributed by atoms with Crippen LogP contribution in [0.25, 0.3) is 0 Å². The van der Waals surface area contributed by atoms with Crippen LogP contribution >= 0.6 is 0 Å². The van der Waals surface area contributed by atoms with Crippen molar-refractivity contribution < 1.29 is 4.74 Å². The van der Waals surface area contributed by atoms with Gasteiger partial charge in [0.15, 0.2) is 0 Å². The summed E-state index contributed by atoms with van der Waals surface area (Å²) in [4.78, 5) is 8.62. The van der Waals surface area contributed by atoms with Crippen molar-refractivity contribution in [1.82, 2.24) is 9.97 Å². The summed E-state index contributed by atoms with van der Waals surface area (Å²) in [7, 11) is 1.67. The van der Waals surface area contributed by atoms with Crippen molar-refractivity contribution in [3.05, 3.63) is 11.9 Å². The number of nitrogens with two attached hydrogens (primary N) is 1. The molecule has 6 nitrogen and oxygen atoms in total. The third kappa shape index (κ3) is 5.79. The third-order valence-electron chi connectivity index (χ3n) is 2.18. The minimum atomic E-state index is -0.275. The molecule has 0 atom stereocenters. The van der Waals surface area contributed by atoms with Crippen molar-refractivity contribution in [3.63, 3.8) is 0 Å². The molecule has 0 bridgehead atoms. The van der Waals surface area contributed by atoms with E-state index in [0.717, 1.165) is 24.0 Å². The minimum Gasteiger partial charge on any atom is -0.383 e. The Morgan fingerprint density at radius 2 is 1.89 bits per heavy atom. The van der Waals surface area contributed by atoms with Crippen molar-refractivity contribution in [1.29, 1.82) is 0 Å². The highest BCUT2D eigenvalue weighted by Crippen LogP contribution is 2.11. The zero-order chi connectivity index (χ0) is 13.6. The molecule has 1 aromatic heterocycles. The number of aromatic nitrogens is 2. The van der Waals surface area contributed by atoms with Crippen molar-refractivity contribution >= 4 is 11.6 Å². The average Bonchev–Trinajstić information content (AvgIpc) is 2.25. The molecule has 0 saturated heterocycles. The monoisotopic (exact) mass is 253 g/mol. The molecule has 4 N–H and O–H groups in total. The van der Waals surface area contributed by atoms with E-state index in [1.807, 2.05) is 26.8 Å². The van der Waals surface area contributed by atoms with Crippen LogP contribution in [-0.2, 0) is 4.74 Å². The van der Waals surface area contributed by atoms with E-state index < -0.39 is 0 Å². The van der Waals surface area contributed by atoms with Crippen LogP contribution < -0.4 is 16.4 Å². The molecule has 6 heteroatoms. The van der Waals surface area contributed by atoms with Gasteiger partial charge in [0.2, 0.25) is 0 Å². The molecule has 1 rings (SSSR count). The molecule has 0 saturated carbocycles. The lowest BCUT2D eigenvalue weighted by atomic mass is 10.1. The summed E-state index contributed by atoms with van der Waals surface area (Å²) in [5.41, 5.74) is 5.64. The van der Waals surface area contributed by atoms with Gasteiger partial charge in [0.1, 0.15) is 17.5 Å². The SMILES string of the molecule is COCCNc1cc(NCC(C)(C)N)nc(C)n1. The lowest BCUT2D eigenvalue weighted by Gasteiger charge is -2.19. The Hall–Kier alpha value is -1.40. The number of aryl methyl sites for hydroxylation is 1. The standard InChI is InChI=1S/C12H23N5O/c1-9-16-10(14-5-6-18-4)7-11(17-9)15-8-12(2,3)13/h7H,5-6,8,13H2,1-4H3,(H2,14,15,16,17). The Bertz CT molecular complexity index is 375. The van der Waals surface area contributed by atoms with E-state index in [-0.39, 0.29) is 5.54 Å². The molecule has 0 spiro atoms. The fraction of sp³-hybridized carbons (Fsp3) is 0.667. The molecular weight excluding hydrogens is 230 g/mol. The van der Waals surface area contributed by atoms with Crippen LogP contribution in [0.2, 0.25) is 0 Å². The number of rotatable bonds is 7. The molecule has 1 heterocycles. The summed E-state index contributed by atoms with van der Waals surface area (Å²) in [6.07, 6.45) is 0. The van der Waals surface area contributed by atoms with Gasteiger partial charge in [-0.15, -0.1) is 0 Å². The maximum Gasteiger partial charge on any atom is 0.131 e. The van der Waals surface area contributed by atoms with Gasteiger partial charge in [-0.05, 0) is 20.8 Å². The predicted molar refractivity (Wildman–Crippen MR) is 73.9 cm³/mol. The Kier molecular flexibility index (Phi) is 5.30. The number of nitrogens with zero attached hydrogens (tertiary/aromatic N) is 2. The van der Waals surface area contributed by atoms with E-state index in [9.17, 15) is 0 Å². The topological polar surface area (TPSA) is 85.1 Å². The van der Waals surface area contributed by atoms with Gasteiger partial charge < -0.3 is 21.1 Å². The first-order valence-corrected chi connectivity index (χ1v) is 6.02. The smallest absolute Gasteiger partial charge is 0.131 e. The van der Waals surface area contributed by atoms with Gasteiger partial charge in [-0.3, -0.25) is 0 Å². The van der Waals surface area contributed by atoms with Gasteiger partial charge in [-0.25, -0.2) is 9.97 Å². The molecule has 0 radical (unpaired) electrons. The zero-order valence-electron chi connectivity index (χ0n) is 11.6. The molecule has 102 valence electrons. The van der Waals surface area contributed by atoms with Gasteiger partial charge in [0, 0.05) is 31.8 Å². The van der Waals surface area contributed by atoms with E-state index in [1.54, 1.807) is 7.11 Å². The van der Waals surface area contributed by atoms with Crippen LogP contribution in [0, 0.1) is 6.92 Å². The maximum absolute atomic E-state index is 5.92. The van der Waals surface area contributed by atoms with Crippen molar-refractivity contribution in [2.75, 3.05) is 37.4 Å². The highest BCUT2D eigenvalue weighted by molar-refractivity contribution is 5.47. The van der Waals surface area contributed by atoms with E-state index in [2.05, 4.69) is 20.6 Å². The van der Waals surface area contributed by atoms with E-state index in [4.69, 9.17) is 10.5 Å². The second-order valence-electron chi connectivity index (χ2n) is 4.95. The normalized spacial score (nSPS) is 11.4. The molecule has 18 heavy (non-hydrogen) atoms. The Balaban J connectivity index is 2.62. The lowest BCUT2D eigenvalue weighted by Crippen LogP contribution is -2.39. The van der Waals surface area contributed by atoms with Gasteiger partial charge in [0.05, 0.1) is 6.61 Å². The minimum absolute atomic E-state index is 0.275. The number of anilines is 2. The molecule has 1 aromatic rings.